The lowest BCUT2D eigenvalue weighted by molar-refractivity contribution is -0.152. The number of esters is 2. The zero-order chi connectivity index (χ0) is 31.8. The van der Waals surface area contributed by atoms with Crippen molar-refractivity contribution < 1.29 is 23.8 Å². The molecule has 0 aromatic heterocycles. The standard InChI is InChI=1S/C39H35NO5/c1-27-5-15-33(16-6-27)40(34-17-7-28(2)8-18-34)35-19-9-30(10-20-35)25-38(31-11-21-36(43-4)22-12-31)32-13-23-37(24-14-32)45-39(42)26-44-29(3)41/h5-25H,26H2,1-4H3. The number of hydrogen-bond acceptors (Lipinski definition) is 6. The molecule has 0 saturated heterocycles. The van der Waals surface area contributed by atoms with Crippen LogP contribution in [0.15, 0.2) is 121 Å². The third-order valence-electron chi connectivity index (χ3n) is 7.24. The molecule has 5 rings (SSSR count). The summed E-state index contributed by atoms with van der Waals surface area (Å²) in [6.45, 7) is 4.99. The molecule has 226 valence electrons. The average molecular weight is 598 g/mol. The van der Waals surface area contributed by atoms with Gasteiger partial charge >= 0.3 is 11.9 Å². The molecule has 0 aliphatic rings. The second-order valence-electron chi connectivity index (χ2n) is 10.7. The number of nitrogens with zero attached hydrogens (tertiary/aromatic N) is 1. The van der Waals surface area contributed by atoms with Gasteiger partial charge in [0.15, 0.2) is 6.61 Å². The van der Waals surface area contributed by atoms with Gasteiger partial charge in [-0.2, -0.15) is 0 Å². The summed E-state index contributed by atoms with van der Waals surface area (Å²) in [6.07, 6.45) is 2.13. The summed E-state index contributed by atoms with van der Waals surface area (Å²) in [5.74, 6) is -0.0525. The maximum absolute atomic E-state index is 12.0. The maximum atomic E-state index is 12.0. The van der Waals surface area contributed by atoms with E-state index in [0.29, 0.717) is 5.75 Å². The smallest absolute Gasteiger partial charge is 0.349 e. The van der Waals surface area contributed by atoms with Crippen LogP contribution in [0.4, 0.5) is 17.1 Å². The van der Waals surface area contributed by atoms with E-state index in [2.05, 4.69) is 97.6 Å². The molecular weight excluding hydrogens is 562 g/mol. The van der Waals surface area contributed by atoms with Crippen LogP contribution in [-0.2, 0) is 14.3 Å². The number of carbonyl (C=O) groups excluding carboxylic acids is 2. The SMILES string of the molecule is COc1ccc(C(=Cc2ccc(N(c3ccc(C)cc3)c3ccc(C)cc3)cc2)c2ccc(OC(=O)COC(C)=O)cc2)cc1. The van der Waals surface area contributed by atoms with Gasteiger partial charge in [0.1, 0.15) is 11.5 Å². The molecule has 0 aliphatic carbocycles. The molecule has 0 radical (unpaired) electrons. The van der Waals surface area contributed by atoms with E-state index in [1.54, 1.807) is 19.2 Å². The van der Waals surface area contributed by atoms with Crippen molar-refractivity contribution in [1.82, 2.24) is 0 Å². The van der Waals surface area contributed by atoms with Crippen molar-refractivity contribution in [2.45, 2.75) is 20.8 Å². The Kier molecular flexibility index (Phi) is 9.75. The lowest BCUT2D eigenvalue weighted by atomic mass is 9.95. The first-order chi connectivity index (χ1) is 21.8. The van der Waals surface area contributed by atoms with Crippen LogP contribution >= 0.6 is 0 Å². The van der Waals surface area contributed by atoms with Crippen molar-refractivity contribution in [1.29, 1.82) is 0 Å². The van der Waals surface area contributed by atoms with Gasteiger partial charge < -0.3 is 19.1 Å². The van der Waals surface area contributed by atoms with Crippen LogP contribution in [0.2, 0.25) is 0 Å². The zero-order valence-corrected chi connectivity index (χ0v) is 25.8. The summed E-state index contributed by atoms with van der Waals surface area (Å²) < 4.78 is 15.4. The highest BCUT2D eigenvalue weighted by Gasteiger charge is 2.14. The molecule has 0 saturated carbocycles. The summed E-state index contributed by atoms with van der Waals surface area (Å²) >= 11 is 0. The van der Waals surface area contributed by atoms with E-state index in [0.717, 1.165) is 45.1 Å². The third-order valence-corrected chi connectivity index (χ3v) is 7.24. The molecule has 0 aliphatic heterocycles. The Morgan fingerprint density at radius 2 is 1.07 bits per heavy atom. The normalized spacial score (nSPS) is 11.1. The molecule has 5 aromatic carbocycles. The van der Waals surface area contributed by atoms with Crippen molar-refractivity contribution in [3.05, 3.63) is 149 Å². The second kappa shape index (κ2) is 14.2. The van der Waals surface area contributed by atoms with E-state index in [4.69, 9.17) is 14.2 Å². The molecule has 6 heteroatoms. The van der Waals surface area contributed by atoms with E-state index in [1.165, 1.54) is 18.1 Å². The topological polar surface area (TPSA) is 65.1 Å². The number of anilines is 3. The Balaban J connectivity index is 1.47. The number of methoxy groups -OCH3 is 1. The number of carbonyl (C=O) groups is 2. The molecule has 0 N–H and O–H groups in total. The molecule has 0 amide bonds. The van der Waals surface area contributed by atoms with Gasteiger partial charge in [-0.15, -0.1) is 0 Å². The van der Waals surface area contributed by atoms with Gasteiger partial charge in [-0.1, -0.05) is 71.8 Å². The number of benzene rings is 5. The number of ether oxygens (including phenoxy) is 3. The summed E-state index contributed by atoms with van der Waals surface area (Å²) in [4.78, 5) is 25.3. The minimum Gasteiger partial charge on any atom is -0.497 e. The molecule has 5 aromatic rings. The highest BCUT2D eigenvalue weighted by molar-refractivity contribution is 5.92. The first kappa shape index (κ1) is 30.8. The predicted molar refractivity (Wildman–Crippen MR) is 179 cm³/mol. The van der Waals surface area contributed by atoms with Crippen molar-refractivity contribution in [3.63, 3.8) is 0 Å². The van der Waals surface area contributed by atoms with Gasteiger partial charge in [0.05, 0.1) is 7.11 Å². The van der Waals surface area contributed by atoms with Crippen LogP contribution in [0.25, 0.3) is 11.6 Å². The number of rotatable bonds is 10. The van der Waals surface area contributed by atoms with Gasteiger partial charge in [0.25, 0.3) is 0 Å². The summed E-state index contributed by atoms with van der Waals surface area (Å²) in [5.41, 5.74) is 9.58. The van der Waals surface area contributed by atoms with Crippen LogP contribution in [-0.4, -0.2) is 25.7 Å². The Morgan fingerprint density at radius 1 is 0.622 bits per heavy atom. The number of aryl methyl sites for hydroxylation is 2. The Morgan fingerprint density at radius 3 is 1.51 bits per heavy atom. The van der Waals surface area contributed by atoms with E-state index < -0.39 is 18.5 Å². The Bertz CT molecular complexity index is 1730. The van der Waals surface area contributed by atoms with Crippen LogP contribution in [0, 0.1) is 13.8 Å². The molecule has 45 heavy (non-hydrogen) atoms. The van der Waals surface area contributed by atoms with Gasteiger partial charge in [0, 0.05) is 24.0 Å². The van der Waals surface area contributed by atoms with Crippen LogP contribution < -0.4 is 14.4 Å². The molecule has 0 spiro atoms. The van der Waals surface area contributed by atoms with E-state index in [9.17, 15) is 9.59 Å². The third kappa shape index (κ3) is 8.06. The predicted octanol–water partition coefficient (Wildman–Crippen LogP) is 8.84. The fourth-order valence-corrected chi connectivity index (χ4v) is 4.85. The lowest BCUT2D eigenvalue weighted by Gasteiger charge is -2.26. The first-order valence-electron chi connectivity index (χ1n) is 14.6. The first-order valence-corrected chi connectivity index (χ1v) is 14.6. The van der Waals surface area contributed by atoms with Gasteiger partial charge in [-0.3, -0.25) is 4.79 Å². The Hall–Kier alpha value is -5.62. The average Bonchev–Trinajstić information content (AvgIpc) is 3.06. The van der Waals surface area contributed by atoms with Crippen LogP contribution in [0.3, 0.4) is 0 Å². The summed E-state index contributed by atoms with van der Waals surface area (Å²) in [7, 11) is 1.64. The van der Waals surface area contributed by atoms with E-state index >= 15 is 0 Å². The molecule has 0 fully saturated rings. The lowest BCUT2D eigenvalue weighted by Crippen LogP contribution is -2.17. The maximum Gasteiger partial charge on any atom is 0.349 e. The quantitative estimate of drug-likeness (QED) is 0.0910. The summed E-state index contributed by atoms with van der Waals surface area (Å²) in [5, 5.41) is 0. The molecule has 0 unspecified atom stereocenters. The minimum absolute atomic E-state index is 0.363. The minimum atomic E-state index is -0.644. The molecular formula is C39H35NO5. The molecule has 0 heterocycles. The summed E-state index contributed by atoms with van der Waals surface area (Å²) in [6, 6.07) is 40.7. The van der Waals surface area contributed by atoms with E-state index in [-0.39, 0.29) is 0 Å². The van der Waals surface area contributed by atoms with Crippen molar-refractivity contribution >= 4 is 40.6 Å². The van der Waals surface area contributed by atoms with E-state index in [1.807, 2.05) is 36.4 Å². The van der Waals surface area contributed by atoms with Crippen LogP contribution in [0.5, 0.6) is 11.5 Å². The fraction of sp³-hybridized carbons (Fsp3) is 0.128. The van der Waals surface area contributed by atoms with Crippen molar-refractivity contribution in [2.75, 3.05) is 18.6 Å². The largest absolute Gasteiger partial charge is 0.497 e. The number of hydrogen-bond donors (Lipinski definition) is 0. The zero-order valence-electron chi connectivity index (χ0n) is 25.8. The Labute approximate surface area is 264 Å². The molecule has 0 atom stereocenters. The monoisotopic (exact) mass is 597 g/mol. The van der Waals surface area contributed by atoms with Gasteiger partial charge in [0.2, 0.25) is 0 Å². The van der Waals surface area contributed by atoms with Gasteiger partial charge in [-0.25, -0.2) is 4.79 Å². The van der Waals surface area contributed by atoms with Gasteiger partial charge in [-0.05, 0) is 103 Å². The van der Waals surface area contributed by atoms with Crippen LogP contribution in [0.1, 0.15) is 34.7 Å². The molecule has 0 bridgehead atoms. The fourth-order valence-electron chi connectivity index (χ4n) is 4.85. The second-order valence-corrected chi connectivity index (χ2v) is 10.7. The molecule has 6 nitrogen and oxygen atoms in total. The van der Waals surface area contributed by atoms with Crippen molar-refractivity contribution in [3.8, 4) is 11.5 Å². The highest BCUT2D eigenvalue weighted by Crippen LogP contribution is 2.36. The highest BCUT2D eigenvalue weighted by atomic mass is 16.6. The van der Waals surface area contributed by atoms with Crippen molar-refractivity contribution in [2.24, 2.45) is 0 Å².